The third-order valence-electron chi connectivity index (χ3n) is 3.07. The first kappa shape index (κ1) is 18.6. The number of halogens is 1. The molecule has 0 saturated heterocycles. The van der Waals surface area contributed by atoms with Crippen LogP contribution in [0.3, 0.4) is 0 Å². The largest absolute Gasteiger partial charge is 0.349 e. The first-order valence-electron chi connectivity index (χ1n) is 5.81. The minimum absolute atomic E-state index is 0. The maximum atomic E-state index is 11.6. The second-order valence-electron chi connectivity index (χ2n) is 3.87. The lowest BCUT2D eigenvalue weighted by Gasteiger charge is -2.31. The number of hydrogen-bond donors (Lipinski definition) is 3. The van der Waals surface area contributed by atoms with E-state index in [0.29, 0.717) is 0 Å². The quantitative estimate of drug-likeness (QED) is 0.629. The van der Waals surface area contributed by atoms with Crippen molar-refractivity contribution >= 4 is 24.2 Å². The second-order valence-corrected chi connectivity index (χ2v) is 3.87. The van der Waals surface area contributed by atoms with Gasteiger partial charge in [0.25, 0.3) is 0 Å². The fourth-order valence-corrected chi connectivity index (χ4v) is 1.61. The Labute approximate surface area is 109 Å². The van der Waals surface area contributed by atoms with Gasteiger partial charge in [0.15, 0.2) is 0 Å². The van der Waals surface area contributed by atoms with Crippen LogP contribution in [0, 0.1) is 0 Å². The summed E-state index contributed by atoms with van der Waals surface area (Å²) in [6.45, 7) is 6.05. The van der Waals surface area contributed by atoms with Gasteiger partial charge < -0.3 is 16.4 Å². The van der Waals surface area contributed by atoms with Crippen LogP contribution in [0.15, 0.2) is 0 Å². The second kappa shape index (κ2) is 9.24. The fraction of sp³-hybridized carbons (Fsp3) is 0.818. The maximum absolute atomic E-state index is 11.6. The van der Waals surface area contributed by atoms with Gasteiger partial charge in [0, 0.05) is 5.54 Å². The third-order valence-corrected chi connectivity index (χ3v) is 3.07. The number of rotatable bonds is 7. The molecule has 5 nitrogen and oxygen atoms in total. The molecule has 4 N–H and O–H groups in total. The van der Waals surface area contributed by atoms with E-state index in [0.717, 1.165) is 19.3 Å². The van der Waals surface area contributed by atoms with Crippen LogP contribution < -0.4 is 16.4 Å². The molecule has 0 rings (SSSR count). The number of amides is 2. The fourth-order valence-electron chi connectivity index (χ4n) is 1.61. The topological polar surface area (TPSA) is 84.2 Å². The highest BCUT2D eigenvalue weighted by atomic mass is 35.5. The van der Waals surface area contributed by atoms with E-state index >= 15 is 0 Å². The standard InChI is InChI=1S/C11H23N3O2.ClH/c1-4-11(5-2,6-3)14-10(16)8-13-9(15)7-12;/h4-8,12H2,1-3H3,(H,13,15)(H,14,16);1H. The van der Waals surface area contributed by atoms with Crippen LogP contribution in [-0.4, -0.2) is 30.4 Å². The Balaban J connectivity index is 0. The molecule has 0 saturated carbocycles. The van der Waals surface area contributed by atoms with Crippen molar-refractivity contribution in [2.24, 2.45) is 5.73 Å². The first-order valence-corrected chi connectivity index (χ1v) is 5.81. The van der Waals surface area contributed by atoms with Gasteiger partial charge in [-0.05, 0) is 19.3 Å². The van der Waals surface area contributed by atoms with Crippen molar-refractivity contribution in [2.45, 2.75) is 45.6 Å². The van der Waals surface area contributed by atoms with E-state index < -0.39 is 0 Å². The Morgan fingerprint density at radius 2 is 1.53 bits per heavy atom. The zero-order valence-corrected chi connectivity index (χ0v) is 11.7. The SMILES string of the molecule is CCC(CC)(CC)NC(=O)CNC(=O)CN.Cl. The van der Waals surface area contributed by atoms with Crippen LogP contribution in [0.2, 0.25) is 0 Å². The smallest absolute Gasteiger partial charge is 0.239 e. The summed E-state index contributed by atoms with van der Waals surface area (Å²) in [4.78, 5) is 22.5. The van der Waals surface area contributed by atoms with Gasteiger partial charge in [-0.15, -0.1) is 12.4 Å². The zero-order chi connectivity index (χ0) is 12.6. The lowest BCUT2D eigenvalue weighted by Crippen LogP contribution is -2.50. The molecule has 102 valence electrons. The summed E-state index contributed by atoms with van der Waals surface area (Å²) in [7, 11) is 0. The number of hydrogen-bond acceptors (Lipinski definition) is 3. The van der Waals surface area contributed by atoms with Crippen molar-refractivity contribution in [1.82, 2.24) is 10.6 Å². The van der Waals surface area contributed by atoms with Gasteiger partial charge in [-0.1, -0.05) is 20.8 Å². The Hall–Kier alpha value is -0.810. The summed E-state index contributed by atoms with van der Waals surface area (Å²) in [6.07, 6.45) is 2.66. The van der Waals surface area contributed by atoms with Gasteiger partial charge in [0.2, 0.25) is 11.8 Å². The highest BCUT2D eigenvalue weighted by molar-refractivity contribution is 5.86. The number of carbonyl (C=O) groups is 2. The minimum Gasteiger partial charge on any atom is -0.349 e. The van der Waals surface area contributed by atoms with Gasteiger partial charge >= 0.3 is 0 Å². The van der Waals surface area contributed by atoms with Crippen molar-refractivity contribution in [3.63, 3.8) is 0 Å². The molecule has 0 atom stereocenters. The van der Waals surface area contributed by atoms with E-state index in [1.165, 1.54) is 0 Å². The van der Waals surface area contributed by atoms with Crippen molar-refractivity contribution in [3.8, 4) is 0 Å². The van der Waals surface area contributed by atoms with E-state index in [1.54, 1.807) is 0 Å². The molecular weight excluding hydrogens is 242 g/mol. The molecule has 0 aromatic heterocycles. The molecule has 0 bridgehead atoms. The molecule has 6 heteroatoms. The van der Waals surface area contributed by atoms with Crippen LogP contribution in [0.5, 0.6) is 0 Å². The molecule has 0 fully saturated rings. The molecule has 0 aromatic carbocycles. The van der Waals surface area contributed by atoms with Gasteiger partial charge in [-0.2, -0.15) is 0 Å². The lowest BCUT2D eigenvalue weighted by molar-refractivity contribution is -0.126. The Morgan fingerprint density at radius 3 is 1.88 bits per heavy atom. The number of carbonyl (C=O) groups excluding carboxylic acids is 2. The van der Waals surface area contributed by atoms with Crippen molar-refractivity contribution in [3.05, 3.63) is 0 Å². The van der Waals surface area contributed by atoms with E-state index in [4.69, 9.17) is 5.73 Å². The molecule has 17 heavy (non-hydrogen) atoms. The van der Waals surface area contributed by atoms with E-state index in [2.05, 4.69) is 10.6 Å². The maximum Gasteiger partial charge on any atom is 0.239 e. The van der Waals surface area contributed by atoms with Gasteiger partial charge in [-0.3, -0.25) is 9.59 Å². The normalized spacial score (nSPS) is 10.4. The predicted molar refractivity (Wildman–Crippen MR) is 71.1 cm³/mol. The Bertz CT molecular complexity index is 235. The van der Waals surface area contributed by atoms with Gasteiger partial charge in [0.05, 0.1) is 13.1 Å². The molecule has 0 aliphatic carbocycles. The molecular formula is C11H24ClN3O2. The van der Waals surface area contributed by atoms with E-state index in [1.807, 2.05) is 20.8 Å². The van der Waals surface area contributed by atoms with Gasteiger partial charge in [0.1, 0.15) is 0 Å². The highest BCUT2D eigenvalue weighted by Gasteiger charge is 2.25. The average Bonchev–Trinajstić information content (AvgIpc) is 2.33. The Kier molecular flexibility index (Phi) is 10.1. The summed E-state index contributed by atoms with van der Waals surface area (Å²) < 4.78 is 0. The van der Waals surface area contributed by atoms with Crippen molar-refractivity contribution < 1.29 is 9.59 Å². The van der Waals surface area contributed by atoms with Crippen LogP contribution in [0.4, 0.5) is 0 Å². The van der Waals surface area contributed by atoms with Crippen molar-refractivity contribution in [1.29, 1.82) is 0 Å². The molecule has 0 aromatic rings. The zero-order valence-electron chi connectivity index (χ0n) is 10.8. The van der Waals surface area contributed by atoms with Crippen LogP contribution >= 0.6 is 12.4 Å². The van der Waals surface area contributed by atoms with Crippen molar-refractivity contribution in [2.75, 3.05) is 13.1 Å². The first-order chi connectivity index (χ1) is 7.53. The van der Waals surface area contributed by atoms with Gasteiger partial charge in [-0.25, -0.2) is 0 Å². The monoisotopic (exact) mass is 265 g/mol. The molecule has 0 radical (unpaired) electrons. The molecule has 2 amide bonds. The average molecular weight is 266 g/mol. The van der Waals surface area contributed by atoms with Crippen LogP contribution in [0.25, 0.3) is 0 Å². The summed E-state index contributed by atoms with van der Waals surface area (Å²) in [6, 6.07) is 0. The molecule has 0 spiro atoms. The van der Waals surface area contributed by atoms with Crippen LogP contribution in [0.1, 0.15) is 40.0 Å². The van der Waals surface area contributed by atoms with E-state index in [9.17, 15) is 9.59 Å². The summed E-state index contributed by atoms with van der Waals surface area (Å²) in [5, 5.41) is 5.42. The van der Waals surface area contributed by atoms with E-state index in [-0.39, 0.29) is 42.8 Å². The summed E-state index contributed by atoms with van der Waals surface area (Å²) in [5.74, 6) is -0.474. The number of nitrogens with two attached hydrogens (primary N) is 1. The molecule has 0 unspecified atom stereocenters. The molecule has 0 aliphatic heterocycles. The summed E-state index contributed by atoms with van der Waals surface area (Å²) >= 11 is 0. The predicted octanol–water partition coefficient (Wildman–Crippen LogP) is 0.568. The third kappa shape index (κ3) is 6.48. The number of nitrogens with one attached hydrogen (secondary N) is 2. The highest BCUT2D eigenvalue weighted by Crippen LogP contribution is 2.18. The molecule has 0 heterocycles. The molecule has 0 aliphatic rings. The Morgan fingerprint density at radius 1 is 1.06 bits per heavy atom. The van der Waals surface area contributed by atoms with Crippen LogP contribution in [-0.2, 0) is 9.59 Å². The minimum atomic E-state index is -0.315. The lowest BCUT2D eigenvalue weighted by atomic mass is 9.90. The summed E-state index contributed by atoms with van der Waals surface area (Å²) in [5.41, 5.74) is 4.97.